The first-order chi connectivity index (χ1) is 11.6. The van der Waals surface area contributed by atoms with Crippen molar-refractivity contribution in [2.75, 3.05) is 0 Å². The summed E-state index contributed by atoms with van der Waals surface area (Å²) in [6.07, 6.45) is 6.12. The van der Waals surface area contributed by atoms with Gasteiger partial charge in [0.05, 0.1) is 11.9 Å². The molecule has 2 heterocycles. The Morgan fingerprint density at radius 1 is 1.29 bits per heavy atom. The molecule has 1 aromatic carbocycles. The third kappa shape index (κ3) is 2.76. The van der Waals surface area contributed by atoms with Gasteiger partial charge < -0.3 is 0 Å². The highest BCUT2D eigenvalue weighted by Crippen LogP contribution is 2.32. The second-order valence-corrected chi connectivity index (χ2v) is 6.94. The predicted octanol–water partition coefficient (Wildman–Crippen LogP) is 4.44. The lowest BCUT2D eigenvalue weighted by atomic mass is 9.99. The maximum atomic E-state index is 13.0. The van der Waals surface area contributed by atoms with Crippen LogP contribution in [0.1, 0.15) is 38.1 Å². The highest BCUT2D eigenvalue weighted by molar-refractivity contribution is 7.17. The molecule has 3 rings (SSSR count). The Morgan fingerprint density at radius 3 is 2.58 bits per heavy atom. The first-order valence-corrected chi connectivity index (χ1v) is 8.99. The molecule has 3 aromatic rings. The summed E-state index contributed by atoms with van der Waals surface area (Å²) in [7, 11) is 0. The quantitative estimate of drug-likeness (QED) is 0.660. The molecule has 0 unspecified atom stereocenters. The van der Waals surface area contributed by atoms with Crippen molar-refractivity contribution in [1.82, 2.24) is 9.55 Å². The molecule has 4 heteroatoms. The minimum atomic E-state index is -0.0426. The van der Waals surface area contributed by atoms with Gasteiger partial charge in [-0.15, -0.1) is 17.8 Å². The largest absolute Gasteiger partial charge is 0.284 e. The Kier molecular flexibility index (Phi) is 4.55. The molecule has 2 aromatic heterocycles. The Balaban J connectivity index is 2.21. The van der Waals surface area contributed by atoms with Crippen LogP contribution in [0.3, 0.4) is 0 Å². The Morgan fingerprint density at radius 2 is 2.00 bits per heavy atom. The molecule has 0 spiro atoms. The van der Waals surface area contributed by atoms with E-state index < -0.39 is 0 Å². The molecular weight excluding hydrogens is 316 g/mol. The zero-order chi connectivity index (χ0) is 17.3. The number of fused-ring (bicyclic) bond motifs is 1. The maximum Gasteiger partial charge on any atom is 0.263 e. The molecule has 0 aliphatic carbocycles. The summed E-state index contributed by atoms with van der Waals surface area (Å²) in [6.45, 7) is 6.58. The van der Waals surface area contributed by atoms with Gasteiger partial charge in [0.2, 0.25) is 0 Å². The van der Waals surface area contributed by atoms with Crippen LogP contribution >= 0.6 is 11.3 Å². The average molecular weight is 336 g/mol. The minimum Gasteiger partial charge on any atom is -0.284 e. The molecule has 0 fully saturated rings. The van der Waals surface area contributed by atoms with Crippen LogP contribution in [0.4, 0.5) is 0 Å². The molecule has 24 heavy (non-hydrogen) atoms. The zero-order valence-corrected chi connectivity index (χ0v) is 15.0. The van der Waals surface area contributed by atoms with E-state index in [-0.39, 0.29) is 12.1 Å². The summed E-state index contributed by atoms with van der Waals surface area (Å²) in [6, 6.07) is 8.40. The van der Waals surface area contributed by atoms with Crippen molar-refractivity contribution < 1.29 is 0 Å². The van der Waals surface area contributed by atoms with Crippen LogP contribution < -0.4 is 5.56 Å². The van der Waals surface area contributed by atoms with E-state index in [1.807, 2.05) is 12.3 Å². The van der Waals surface area contributed by atoms with Crippen LogP contribution in [0.2, 0.25) is 0 Å². The third-order valence-corrected chi connectivity index (χ3v) is 5.10. The van der Waals surface area contributed by atoms with E-state index in [9.17, 15) is 4.79 Å². The fraction of sp³-hybridized carbons (Fsp3) is 0.300. The van der Waals surface area contributed by atoms with Crippen molar-refractivity contribution in [3.05, 3.63) is 51.4 Å². The average Bonchev–Trinajstić information content (AvgIpc) is 3.01. The number of rotatable bonds is 4. The van der Waals surface area contributed by atoms with E-state index in [1.165, 1.54) is 16.9 Å². The maximum absolute atomic E-state index is 13.0. The van der Waals surface area contributed by atoms with Gasteiger partial charge in [0.1, 0.15) is 10.7 Å². The normalized spacial score (nSPS) is 11.1. The molecule has 0 saturated heterocycles. The highest BCUT2D eigenvalue weighted by Gasteiger charge is 2.16. The number of thiophene rings is 1. The number of aryl methyl sites for hydroxylation is 1. The lowest BCUT2D eigenvalue weighted by Crippen LogP contribution is -2.24. The number of benzene rings is 1. The van der Waals surface area contributed by atoms with E-state index in [0.29, 0.717) is 17.7 Å². The predicted molar refractivity (Wildman–Crippen MR) is 102 cm³/mol. The number of terminal acetylenes is 1. The van der Waals surface area contributed by atoms with Crippen LogP contribution in [0.25, 0.3) is 21.3 Å². The van der Waals surface area contributed by atoms with Gasteiger partial charge in [-0.25, -0.2) is 4.98 Å². The monoisotopic (exact) mass is 336 g/mol. The first kappa shape index (κ1) is 16.5. The number of hydrogen-bond acceptors (Lipinski definition) is 3. The van der Waals surface area contributed by atoms with E-state index >= 15 is 0 Å². The molecule has 0 aliphatic heterocycles. The zero-order valence-electron chi connectivity index (χ0n) is 14.2. The first-order valence-electron chi connectivity index (χ1n) is 8.11. The van der Waals surface area contributed by atoms with Crippen molar-refractivity contribution in [3.63, 3.8) is 0 Å². The number of hydrogen-bond donors (Lipinski definition) is 0. The fourth-order valence-electron chi connectivity index (χ4n) is 2.85. The molecule has 0 atom stereocenters. The van der Waals surface area contributed by atoms with Gasteiger partial charge >= 0.3 is 0 Å². The molecule has 0 bridgehead atoms. The number of nitrogens with zero attached hydrogens (tertiary/aromatic N) is 2. The summed E-state index contributed by atoms with van der Waals surface area (Å²) in [5.41, 5.74) is 3.23. The molecule has 0 saturated carbocycles. The third-order valence-electron chi connectivity index (χ3n) is 4.23. The van der Waals surface area contributed by atoms with Gasteiger partial charge in [0.15, 0.2) is 0 Å². The Hall–Kier alpha value is -2.38. The van der Waals surface area contributed by atoms with E-state index in [1.54, 1.807) is 4.57 Å². The van der Waals surface area contributed by atoms with E-state index in [4.69, 9.17) is 6.42 Å². The van der Waals surface area contributed by atoms with E-state index in [2.05, 4.69) is 49.0 Å². The fourth-order valence-corrected chi connectivity index (χ4v) is 3.81. The summed E-state index contributed by atoms with van der Waals surface area (Å²) >= 11 is 1.51. The summed E-state index contributed by atoms with van der Waals surface area (Å²) in [5, 5.41) is 2.69. The molecular formula is C20H20N2OS. The van der Waals surface area contributed by atoms with Crippen LogP contribution in [0.5, 0.6) is 0 Å². The Bertz CT molecular complexity index is 972. The van der Waals surface area contributed by atoms with Crippen molar-refractivity contribution in [3.8, 4) is 23.5 Å². The van der Waals surface area contributed by atoms with Crippen molar-refractivity contribution in [2.24, 2.45) is 0 Å². The van der Waals surface area contributed by atoms with Crippen LogP contribution in [-0.2, 0) is 13.0 Å². The van der Waals surface area contributed by atoms with Gasteiger partial charge in [-0.05, 0) is 17.0 Å². The van der Waals surface area contributed by atoms with Crippen LogP contribution in [0.15, 0.2) is 34.4 Å². The van der Waals surface area contributed by atoms with Gasteiger partial charge in [-0.2, -0.15) is 0 Å². The van der Waals surface area contributed by atoms with Gasteiger partial charge in [0, 0.05) is 17.4 Å². The summed E-state index contributed by atoms with van der Waals surface area (Å²) in [4.78, 5) is 18.4. The molecule has 0 radical (unpaired) electrons. The van der Waals surface area contributed by atoms with Crippen molar-refractivity contribution in [2.45, 2.75) is 39.7 Å². The molecule has 122 valence electrons. The standard InChI is InChI=1S/C20H20N2OS/c1-5-11-22-17(6-2)21-19-18(20(22)23)16(12-24-19)15-9-7-14(8-10-15)13(3)4/h1,7-10,12-13H,6,11H2,2-4H3. The second kappa shape index (κ2) is 6.62. The smallest absolute Gasteiger partial charge is 0.263 e. The van der Waals surface area contributed by atoms with E-state index in [0.717, 1.165) is 21.8 Å². The highest BCUT2D eigenvalue weighted by atomic mass is 32.1. The van der Waals surface area contributed by atoms with Crippen molar-refractivity contribution >= 4 is 21.6 Å². The Labute approximate surface area is 146 Å². The molecule has 3 nitrogen and oxygen atoms in total. The van der Waals surface area contributed by atoms with Crippen LogP contribution in [-0.4, -0.2) is 9.55 Å². The van der Waals surface area contributed by atoms with Crippen molar-refractivity contribution in [1.29, 1.82) is 0 Å². The summed E-state index contributed by atoms with van der Waals surface area (Å²) < 4.78 is 1.61. The summed E-state index contributed by atoms with van der Waals surface area (Å²) in [5.74, 6) is 3.79. The second-order valence-electron chi connectivity index (χ2n) is 6.08. The number of aromatic nitrogens is 2. The molecule has 0 aliphatic rings. The lowest BCUT2D eigenvalue weighted by molar-refractivity contribution is 0.712. The lowest BCUT2D eigenvalue weighted by Gasteiger charge is -2.09. The van der Waals surface area contributed by atoms with Gasteiger partial charge in [0.25, 0.3) is 5.56 Å². The van der Waals surface area contributed by atoms with Gasteiger partial charge in [-0.3, -0.25) is 9.36 Å². The van der Waals surface area contributed by atoms with Crippen LogP contribution in [0, 0.1) is 12.3 Å². The minimum absolute atomic E-state index is 0.0426. The topological polar surface area (TPSA) is 34.9 Å². The molecule has 0 N–H and O–H groups in total. The molecule has 0 amide bonds. The van der Waals surface area contributed by atoms with Gasteiger partial charge in [-0.1, -0.05) is 51.0 Å². The SMILES string of the molecule is C#CCn1c(CC)nc2scc(-c3ccc(C(C)C)cc3)c2c1=O.